The molecule has 0 fully saturated rings. The number of carbonyl (C=O) groups is 2. The molecule has 0 saturated heterocycles. The van der Waals surface area contributed by atoms with Gasteiger partial charge in [-0.3, -0.25) is 19.7 Å². The number of hydrogen-bond donors (Lipinski definition) is 4. The summed E-state index contributed by atoms with van der Waals surface area (Å²) in [5.74, 6) is -0.175. The highest BCUT2D eigenvalue weighted by Crippen LogP contribution is 2.28. The Morgan fingerprint density at radius 1 is 0.976 bits per heavy atom. The van der Waals surface area contributed by atoms with E-state index in [9.17, 15) is 28.1 Å². The fraction of sp³-hybridized carbons (Fsp3) is 0.286. The maximum atomic E-state index is 12.9. The van der Waals surface area contributed by atoms with Crippen LogP contribution in [0.4, 0.5) is 17.1 Å². The maximum absolute atomic E-state index is 12.9. The summed E-state index contributed by atoms with van der Waals surface area (Å²) >= 11 is 1.58. The first-order chi connectivity index (χ1) is 19.5. The first-order valence-electron chi connectivity index (χ1n) is 12.8. The summed E-state index contributed by atoms with van der Waals surface area (Å²) in [6.45, 7) is 6.31. The molecule has 3 aromatic carbocycles. The Morgan fingerprint density at radius 3 is 2.27 bits per heavy atom. The molecule has 0 aliphatic rings. The fourth-order valence-electron chi connectivity index (χ4n) is 3.77. The molecule has 0 aliphatic heterocycles. The predicted octanol–water partition coefficient (Wildman–Crippen LogP) is 4.49. The maximum Gasteiger partial charge on any atom is 0.293 e. The van der Waals surface area contributed by atoms with Crippen LogP contribution >= 0.6 is 11.8 Å². The van der Waals surface area contributed by atoms with Crippen molar-refractivity contribution in [2.75, 3.05) is 29.5 Å². The highest BCUT2D eigenvalue weighted by atomic mass is 32.2. The first-order valence-corrected chi connectivity index (χ1v) is 15.3. The van der Waals surface area contributed by atoms with Crippen molar-refractivity contribution < 1.29 is 22.9 Å². The molecule has 0 radical (unpaired) electrons. The van der Waals surface area contributed by atoms with E-state index in [0.29, 0.717) is 24.5 Å². The van der Waals surface area contributed by atoms with E-state index < -0.39 is 31.4 Å². The molecule has 0 aliphatic carbocycles. The number of thioether (sulfide) groups is 1. The summed E-state index contributed by atoms with van der Waals surface area (Å²) in [6, 6.07) is 19.2. The molecule has 13 heteroatoms. The van der Waals surface area contributed by atoms with Gasteiger partial charge in [0, 0.05) is 54.0 Å². The normalized spacial score (nSPS) is 11.9. The smallest absolute Gasteiger partial charge is 0.293 e. The van der Waals surface area contributed by atoms with Gasteiger partial charge in [-0.05, 0) is 54.4 Å². The van der Waals surface area contributed by atoms with Crippen molar-refractivity contribution in [2.24, 2.45) is 5.92 Å². The zero-order valence-corrected chi connectivity index (χ0v) is 24.6. The van der Waals surface area contributed by atoms with Crippen LogP contribution in [0.3, 0.4) is 0 Å². The average molecular weight is 600 g/mol. The molecule has 3 rings (SSSR count). The van der Waals surface area contributed by atoms with Crippen LogP contribution in [-0.2, 0) is 14.8 Å². The molecule has 0 spiro atoms. The lowest BCUT2D eigenvalue weighted by Gasteiger charge is -2.22. The van der Waals surface area contributed by atoms with Gasteiger partial charge in [0.25, 0.3) is 21.6 Å². The average Bonchev–Trinajstić information content (AvgIpc) is 2.93. The standard InChI is InChI=1S/C28H33N5O6S2/c1-19(2)26(31-20(3)34)18-30-22-11-9-21(10-12-22)28(35)32-41(38,39)24-13-14-25(27(17-24)33(36)37)29-15-16-40-23-7-5-4-6-8-23/h4-14,17,19,26,29-30H,15-16,18H2,1-3H3,(H,31,34)(H,32,35)/t26-/m1/s1. The molecule has 0 saturated carbocycles. The summed E-state index contributed by atoms with van der Waals surface area (Å²) in [6.07, 6.45) is 0. The molecule has 3 aromatic rings. The Morgan fingerprint density at radius 2 is 1.66 bits per heavy atom. The lowest BCUT2D eigenvalue weighted by Crippen LogP contribution is -2.42. The molecule has 2 amide bonds. The van der Waals surface area contributed by atoms with Gasteiger partial charge in [0.15, 0.2) is 0 Å². The number of anilines is 2. The lowest BCUT2D eigenvalue weighted by atomic mass is 10.0. The van der Waals surface area contributed by atoms with Crippen LogP contribution in [0.2, 0.25) is 0 Å². The summed E-state index contributed by atoms with van der Waals surface area (Å²) < 4.78 is 27.8. The fourth-order valence-corrected chi connectivity index (χ4v) is 5.56. The van der Waals surface area contributed by atoms with Gasteiger partial charge in [-0.15, -0.1) is 11.8 Å². The zero-order chi connectivity index (χ0) is 30.0. The largest absolute Gasteiger partial charge is 0.383 e. The van der Waals surface area contributed by atoms with Crippen LogP contribution < -0.4 is 20.7 Å². The van der Waals surface area contributed by atoms with Crippen LogP contribution in [0.25, 0.3) is 0 Å². The van der Waals surface area contributed by atoms with E-state index in [4.69, 9.17) is 0 Å². The molecular formula is C28H33N5O6S2. The molecule has 1 atom stereocenters. The van der Waals surface area contributed by atoms with E-state index in [0.717, 1.165) is 11.0 Å². The number of hydrogen-bond acceptors (Lipinski definition) is 9. The van der Waals surface area contributed by atoms with Crippen molar-refractivity contribution in [3.63, 3.8) is 0 Å². The van der Waals surface area contributed by atoms with Crippen LogP contribution in [-0.4, -0.2) is 50.0 Å². The van der Waals surface area contributed by atoms with Crippen LogP contribution in [0.5, 0.6) is 0 Å². The van der Waals surface area contributed by atoms with E-state index in [1.807, 2.05) is 48.9 Å². The minimum Gasteiger partial charge on any atom is -0.383 e. The van der Waals surface area contributed by atoms with Crippen molar-refractivity contribution in [3.8, 4) is 0 Å². The Hall–Kier alpha value is -4.10. The lowest BCUT2D eigenvalue weighted by molar-refractivity contribution is -0.384. The molecule has 0 unspecified atom stereocenters. The Bertz CT molecular complexity index is 1470. The molecular weight excluding hydrogens is 566 g/mol. The van der Waals surface area contributed by atoms with Crippen LogP contribution in [0.1, 0.15) is 31.1 Å². The van der Waals surface area contributed by atoms with Gasteiger partial charge in [0.05, 0.1) is 9.82 Å². The van der Waals surface area contributed by atoms with E-state index >= 15 is 0 Å². The number of benzene rings is 3. The second-order valence-corrected chi connectivity index (χ2v) is 12.3. The van der Waals surface area contributed by atoms with Crippen molar-refractivity contribution in [3.05, 3.63) is 88.5 Å². The summed E-state index contributed by atoms with van der Waals surface area (Å²) in [7, 11) is -4.39. The van der Waals surface area contributed by atoms with Gasteiger partial charge in [0.1, 0.15) is 5.69 Å². The number of rotatable bonds is 14. The third kappa shape index (κ3) is 9.50. The number of carbonyl (C=O) groups excluding carboxylic acids is 2. The monoisotopic (exact) mass is 599 g/mol. The molecule has 0 heterocycles. The predicted molar refractivity (Wildman–Crippen MR) is 161 cm³/mol. The number of nitro benzene ring substituents is 1. The Balaban J connectivity index is 1.62. The second kappa shape index (κ2) is 14.5. The second-order valence-electron chi connectivity index (χ2n) is 9.47. The minimum absolute atomic E-state index is 0.0881. The van der Waals surface area contributed by atoms with E-state index in [2.05, 4.69) is 16.0 Å². The van der Waals surface area contributed by atoms with Gasteiger partial charge in [-0.2, -0.15) is 0 Å². The summed E-state index contributed by atoms with van der Waals surface area (Å²) in [5.41, 5.74) is 0.529. The third-order valence-electron chi connectivity index (χ3n) is 6.00. The van der Waals surface area contributed by atoms with Gasteiger partial charge >= 0.3 is 0 Å². The van der Waals surface area contributed by atoms with Crippen LogP contribution in [0.15, 0.2) is 82.6 Å². The number of sulfonamides is 1. The minimum atomic E-state index is -4.39. The van der Waals surface area contributed by atoms with Crippen LogP contribution in [0, 0.1) is 16.0 Å². The highest BCUT2D eigenvalue weighted by molar-refractivity contribution is 7.99. The molecule has 41 heavy (non-hydrogen) atoms. The van der Waals surface area contributed by atoms with Gasteiger partial charge < -0.3 is 16.0 Å². The quantitative estimate of drug-likeness (QED) is 0.0906. The number of amides is 2. The number of nitro groups is 1. The van der Waals surface area contributed by atoms with Crippen molar-refractivity contribution in [1.82, 2.24) is 10.0 Å². The molecule has 218 valence electrons. The third-order valence-corrected chi connectivity index (χ3v) is 8.34. The number of nitrogens with zero attached hydrogens (tertiary/aromatic N) is 1. The van der Waals surface area contributed by atoms with Crippen molar-refractivity contribution in [1.29, 1.82) is 0 Å². The summed E-state index contributed by atoms with van der Waals surface area (Å²) in [4.78, 5) is 35.7. The van der Waals surface area contributed by atoms with E-state index in [1.165, 1.54) is 31.2 Å². The van der Waals surface area contributed by atoms with E-state index in [-0.39, 0.29) is 29.1 Å². The SMILES string of the molecule is CC(=O)N[C@H](CNc1ccc(C(=O)NS(=O)(=O)c2ccc(NCCSc3ccccc3)c([N+](=O)[O-])c2)cc1)C(C)C. The Labute approximate surface area is 243 Å². The van der Waals surface area contributed by atoms with Gasteiger partial charge in [0.2, 0.25) is 5.91 Å². The molecule has 0 aromatic heterocycles. The van der Waals surface area contributed by atoms with E-state index in [1.54, 1.807) is 23.9 Å². The Kier molecular flexibility index (Phi) is 11.1. The van der Waals surface area contributed by atoms with Gasteiger partial charge in [-0.1, -0.05) is 32.0 Å². The van der Waals surface area contributed by atoms with Crippen molar-refractivity contribution in [2.45, 2.75) is 36.6 Å². The molecule has 0 bridgehead atoms. The zero-order valence-electron chi connectivity index (χ0n) is 22.9. The highest BCUT2D eigenvalue weighted by Gasteiger charge is 2.24. The summed E-state index contributed by atoms with van der Waals surface area (Å²) in [5, 5.41) is 20.7. The topological polar surface area (TPSA) is 160 Å². The molecule has 4 N–H and O–H groups in total. The first kappa shape index (κ1) is 31.4. The molecule has 11 nitrogen and oxygen atoms in total. The number of nitrogens with one attached hydrogen (secondary N) is 4. The van der Waals surface area contributed by atoms with Gasteiger partial charge in [-0.25, -0.2) is 13.1 Å². The van der Waals surface area contributed by atoms with Crippen molar-refractivity contribution >= 4 is 50.7 Å².